The number of hydrogen-bond donors (Lipinski definition) is 1. The van der Waals surface area contributed by atoms with Crippen LogP contribution in [0, 0.1) is 5.41 Å². The predicted octanol–water partition coefficient (Wildman–Crippen LogP) is 2.99. The number of rotatable bonds is 3. The second-order valence-electron chi connectivity index (χ2n) is 5.45. The van der Waals surface area contributed by atoms with Gasteiger partial charge >= 0.3 is 0 Å². The zero-order valence-electron chi connectivity index (χ0n) is 11.2. The van der Waals surface area contributed by atoms with Crippen molar-refractivity contribution in [3.05, 3.63) is 29.8 Å². The van der Waals surface area contributed by atoms with Gasteiger partial charge in [-0.25, -0.2) is 4.99 Å². The fourth-order valence-corrected chi connectivity index (χ4v) is 1.88. The lowest BCUT2D eigenvalue weighted by Crippen LogP contribution is -2.33. The Bertz CT molecular complexity index is 464. The van der Waals surface area contributed by atoms with Crippen LogP contribution in [0.3, 0.4) is 0 Å². The van der Waals surface area contributed by atoms with Crippen molar-refractivity contribution in [3.8, 4) is 0 Å². The summed E-state index contributed by atoms with van der Waals surface area (Å²) in [6, 6.07) is 7.64. The average molecular weight is 283 g/mol. The van der Waals surface area contributed by atoms with Gasteiger partial charge in [-0.05, 0) is 12.1 Å². The van der Waals surface area contributed by atoms with Crippen LogP contribution in [-0.2, 0) is 9.47 Å². The molecule has 2 N–H and O–H groups in total. The van der Waals surface area contributed by atoms with E-state index in [0.29, 0.717) is 19.0 Å². The Morgan fingerprint density at radius 2 is 2.11 bits per heavy atom. The first-order chi connectivity index (χ1) is 9.00. The summed E-state index contributed by atoms with van der Waals surface area (Å²) in [5.74, 6) is 0.611. The third kappa shape index (κ3) is 3.93. The zero-order chi connectivity index (χ0) is 13.9. The highest BCUT2D eigenvalue weighted by Gasteiger charge is 2.29. The molecule has 0 aliphatic carbocycles. The maximum Gasteiger partial charge on any atom is 0.183 e. The Kier molecular flexibility index (Phi) is 4.45. The number of nitrogens with zero attached hydrogens (tertiary/aromatic N) is 1. The summed E-state index contributed by atoms with van der Waals surface area (Å²) < 4.78 is 11.5. The van der Waals surface area contributed by atoms with Crippen LogP contribution in [0.4, 0.5) is 5.69 Å². The number of alkyl halides is 1. The second-order valence-corrected chi connectivity index (χ2v) is 5.72. The van der Waals surface area contributed by atoms with Crippen LogP contribution in [0.1, 0.15) is 25.7 Å². The third-order valence-corrected chi connectivity index (χ3v) is 3.08. The Morgan fingerprint density at radius 1 is 1.42 bits per heavy atom. The standard InChI is InChI=1S/C14H19ClN2O2/c1-14(2)8-18-13(19-9-14)10-4-3-5-11(6-10)17-12(16)7-15/h3-6,13H,7-9H2,1-2H3,(H2,16,17). The van der Waals surface area contributed by atoms with Crippen molar-refractivity contribution in [1.82, 2.24) is 0 Å². The van der Waals surface area contributed by atoms with E-state index in [9.17, 15) is 0 Å². The predicted molar refractivity (Wildman–Crippen MR) is 76.9 cm³/mol. The van der Waals surface area contributed by atoms with Crippen molar-refractivity contribution in [2.75, 3.05) is 19.1 Å². The SMILES string of the molecule is CC1(C)COC(c2cccc(N=C(N)CCl)c2)OC1. The Labute approximate surface area is 118 Å². The quantitative estimate of drug-likeness (QED) is 0.527. The summed E-state index contributed by atoms with van der Waals surface area (Å²) in [6.45, 7) is 5.58. The van der Waals surface area contributed by atoms with E-state index in [4.69, 9.17) is 26.8 Å². The maximum atomic E-state index is 5.74. The largest absolute Gasteiger partial charge is 0.386 e. The molecule has 2 rings (SSSR count). The molecular weight excluding hydrogens is 264 g/mol. The molecule has 1 aliphatic rings. The number of nitrogens with two attached hydrogens (primary N) is 1. The van der Waals surface area contributed by atoms with Crippen LogP contribution in [0.5, 0.6) is 0 Å². The minimum absolute atomic E-state index is 0.0648. The molecule has 1 aromatic carbocycles. The summed E-state index contributed by atoms with van der Waals surface area (Å²) >= 11 is 5.62. The summed E-state index contributed by atoms with van der Waals surface area (Å²) in [5.41, 5.74) is 7.39. The molecule has 0 unspecified atom stereocenters. The van der Waals surface area contributed by atoms with Crippen LogP contribution in [0.15, 0.2) is 29.3 Å². The van der Waals surface area contributed by atoms with Crippen molar-refractivity contribution in [2.45, 2.75) is 20.1 Å². The zero-order valence-corrected chi connectivity index (χ0v) is 12.0. The topological polar surface area (TPSA) is 56.8 Å². The van der Waals surface area contributed by atoms with Crippen molar-refractivity contribution < 1.29 is 9.47 Å². The number of aliphatic imine (C=N–C) groups is 1. The molecule has 0 atom stereocenters. The van der Waals surface area contributed by atoms with Gasteiger partial charge < -0.3 is 15.2 Å². The fraction of sp³-hybridized carbons (Fsp3) is 0.500. The molecule has 0 bridgehead atoms. The highest BCUT2D eigenvalue weighted by Crippen LogP contribution is 2.32. The van der Waals surface area contributed by atoms with Crippen LogP contribution >= 0.6 is 11.6 Å². The van der Waals surface area contributed by atoms with E-state index in [0.717, 1.165) is 11.3 Å². The maximum absolute atomic E-state index is 5.74. The molecule has 5 heteroatoms. The molecule has 0 aromatic heterocycles. The van der Waals surface area contributed by atoms with E-state index in [2.05, 4.69) is 18.8 Å². The number of ether oxygens (including phenoxy) is 2. The Balaban J connectivity index is 2.11. The van der Waals surface area contributed by atoms with Gasteiger partial charge in [0.1, 0.15) is 5.84 Å². The first kappa shape index (κ1) is 14.3. The number of hydrogen-bond acceptors (Lipinski definition) is 3. The van der Waals surface area contributed by atoms with E-state index in [1.54, 1.807) is 0 Å². The molecule has 1 aliphatic heterocycles. The highest BCUT2D eigenvalue weighted by molar-refractivity contribution is 6.28. The lowest BCUT2D eigenvalue weighted by Gasteiger charge is -2.34. The Hall–Kier alpha value is -1.10. The molecule has 1 aromatic rings. The van der Waals surface area contributed by atoms with Gasteiger partial charge in [0.25, 0.3) is 0 Å². The molecule has 104 valence electrons. The van der Waals surface area contributed by atoms with Gasteiger partial charge in [-0.3, -0.25) is 0 Å². The summed E-state index contributed by atoms with van der Waals surface area (Å²) in [5, 5.41) is 0. The molecule has 1 fully saturated rings. The van der Waals surface area contributed by atoms with Crippen molar-refractivity contribution >= 4 is 23.1 Å². The molecule has 4 nitrogen and oxygen atoms in total. The molecule has 0 amide bonds. The van der Waals surface area contributed by atoms with Crippen LogP contribution in [0.25, 0.3) is 0 Å². The van der Waals surface area contributed by atoms with Crippen LogP contribution in [-0.4, -0.2) is 24.9 Å². The minimum Gasteiger partial charge on any atom is -0.386 e. The van der Waals surface area contributed by atoms with Gasteiger partial charge in [-0.2, -0.15) is 0 Å². The van der Waals surface area contributed by atoms with Gasteiger partial charge in [0.15, 0.2) is 6.29 Å². The van der Waals surface area contributed by atoms with E-state index in [1.165, 1.54) is 0 Å². The van der Waals surface area contributed by atoms with Crippen molar-refractivity contribution in [1.29, 1.82) is 0 Å². The monoisotopic (exact) mass is 282 g/mol. The second kappa shape index (κ2) is 5.90. The van der Waals surface area contributed by atoms with Gasteiger partial charge in [-0.1, -0.05) is 26.0 Å². The lowest BCUT2D eigenvalue weighted by molar-refractivity contribution is -0.226. The van der Waals surface area contributed by atoms with Gasteiger partial charge in [0.2, 0.25) is 0 Å². The van der Waals surface area contributed by atoms with Crippen molar-refractivity contribution in [2.24, 2.45) is 16.1 Å². The third-order valence-electron chi connectivity index (χ3n) is 2.80. The highest BCUT2D eigenvalue weighted by atomic mass is 35.5. The Morgan fingerprint density at radius 3 is 2.74 bits per heavy atom. The van der Waals surface area contributed by atoms with E-state index < -0.39 is 0 Å². The van der Waals surface area contributed by atoms with Crippen molar-refractivity contribution in [3.63, 3.8) is 0 Å². The van der Waals surface area contributed by atoms with E-state index >= 15 is 0 Å². The molecule has 1 saturated heterocycles. The fourth-order valence-electron chi connectivity index (χ4n) is 1.82. The molecule has 0 radical (unpaired) electrons. The number of amidine groups is 1. The lowest BCUT2D eigenvalue weighted by atomic mass is 9.95. The molecular formula is C14H19ClN2O2. The average Bonchev–Trinajstić information content (AvgIpc) is 2.39. The number of benzene rings is 1. The minimum atomic E-state index is -0.333. The first-order valence-corrected chi connectivity index (χ1v) is 6.76. The summed E-state index contributed by atoms with van der Waals surface area (Å²) in [7, 11) is 0. The van der Waals surface area contributed by atoms with E-state index in [1.807, 2.05) is 24.3 Å². The summed E-state index contributed by atoms with van der Waals surface area (Å²) in [6.07, 6.45) is -0.333. The molecule has 0 saturated carbocycles. The van der Waals surface area contributed by atoms with Gasteiger partial charge in [0.05, 0.1) is 24.8 Å². The normalized spacial score (nSPS) is 20.5. The first-order valence-electron chi connectivity index (χ1n) is 6.22. The number of halogens is 1. The van der Waals surface area contributed by atoms with E-state index in [-0.39, 0.29) is 17.6 Å². The van der Waals surface area contributed by atoms with Crippen LogP contribution in [0.2, 0.25) is 0 Å². The molecule has 1 heterocycles. The van der Waals surface area contributed by atoms with Gasteiger partial charge in [0, 0.05) is 11.0 Å². The van der Waals surface area contributed by atoms with Gasteiger partial charge in [-0.15, -0.1) is 11.6 Å². The summed E-state index contributed by atoms with van der Waals surface area (Å²) in [4.78, 5) is 4.21. The molecule has 19 heavy (non-hydrogen) atoms. The molecule has 0 spiro atoms. The van der Waals surface area contributed by atoms with Crippen LogP contribution < -0.4 is 5.73 Å². The smallest absolute Gasteiger partial charge is 0.183 e.